The largest absolute Gasteiger partial charge is 0.301 e. The van der Waals surface area contributed by atoms with Crippen molar-refractivity contribution in [1.82, 2.24) is 9.13 Å². The first-order valence-electron chi connectivity index (χ1n) is 26.9. The first-order valence-corrected chi connectivity index (χ1v) is 28.5. The Morgan fingerprint density at radius 2 is 0.473 bits per heavy atom. The zero-order valence-electron chi connectivity index (χ0n) is 47.4. The van der Waals surface area contributed by atoms with E-state index in [-0.39, 0.29) is 32.5 Å². The number of aromatic nitrogens is 2. The number of benzene rings is 7. The van der Waals surface area contributed by atoms with Crippen LogP contribution in [-0.2, 0) is 32.5 Å². The van der Waals surface area contributed by atoms with Crippen molar-refractivity contribution in [3.63, 3.8) is 0 Å². The molecule has 0 fully saturated rings. The van der Waals surface area contributed by atoms with Crippen molar-refractivity contribution in [1.29, 1.82) is 0 Å². The summed E-state index contributed by atoms with van der Waals surface area (Å²) in [5, 5.41) is 12.9. The van der Waals surface area contributed by atoms with Crippen molar-refractivity contribution in [2.75, 3.05) is 0 Å². The Morgan fingerprint density at radius 1 is 0.243 bits per heavy atom. The summed E-state index contributed by atoms with van der Waals surface area (Å²) in [5.74, 6) is 0. The lowest BCUT2D eigenvalue weighted by molar-refractivity contribution is 0.590. The van der Waals surface area contributed by atoms with Crippen molar-refractivity contribution in [3.8, 4) is 30.9 Å². The molecule has 4 aromatic heterocycles. The summed E-state index contributed by atoms with van der Waals surface area (Å²) in [4.78, 5) is 2.57. The van der Waals surface area contributed by atoms with Crippen molar-refractivity contribution >= 4 is 87.8 Å². The first-order chi connectivity index (χ1) is 34.5. The average molecular weight is 1010 g/mol. The van der Waals surface area contributed by atoms with E-state index in [9.17, 15) is 0 Å². The van der Waals surface area contributed by atoms with E-state index >= 15 is 0 Å². The molecule has 0 bridgehead atoms. The lowest BCUT2D eigenvalue weighted by Gasteiger charge is -2.24. The number of nitrogens with zero attached hydrogens (tertiary/aromatic N) is 2. The number of thiophene rings is 2. The van der Waals surface area contributed by atoms with Crippen LogP contribution in [0.25, 0.3) is 96.0 Å². The van der Waals surface area contributed by atoms with Crippen LogP contribution in [0.3, 0.4) is 0 Å². The van der Waals surface area contributed by atoms with Gasteiger partial charge in [0.25, 0.3) is 0 Å². The van der Waals surface area contributed by atoms with Crippen LogP contribution in [0.2, 0.25) is 0 Å². The third-order valence-electron chi connectivity index (χ3n) is 16.0. The molecule has 2 nitrogen and oxygen atoms in total. The van der Waals surface area contributed by atoms with Gasteiger partial charge in [-0.3, -0.25) is 0 Å². The minimum Gasteiger partial charge on any atom is -0.301 e. The molecule has 0 unspecified atom stereocenters. The Morgan fingerprint density at radius 3 is 0.716 bits per heavy atom. The van der Waals surface area contributed by atoms with E-state index in [1.165, 1.54) is 129 Å². The van der Waals surface area contributed by atoms with Crippen LogP contribution >= 0.6 is 22.7 Å². The van der Waals surface area contributed by atoms with Gasteiger partial charge in [-0.1, -0.05) is 173 Å². The van der Waals surface area contributed by atoms with Gasteiger partial charge in [0, 0.05) is 42.4 Å². The van der Waals surface area contributed by atoms with Crippen molar-refractivity contribution in [2.24, 2.45) is 0 Å². The van der Waals surface area contributed by atoms with Crippen LogP contribution in [0.4, 0.5) is 0 Å². The standard InChI is InChI=1S/C70H76N2S2/c1-65(2,3)41-19-25-47-53(39-41)63(59-31-33-61(73-59)71-55-27-21-43(67(7,8)9)35-49(55)50-36-44(68(10,11)12)22-28-56(50)71)48-26-20-42(66(4,5)6)40-54(48)64(47)60-32-34-62(74-60)72-57-29-23-45(69(13,14)15)37-51(57)52-38-46(70(16,17)18)24-30-58(52)72/h19-40H,1-18H3. The van der Waals surface area contributed by atoms with E-state index in [1.54, 1.807) is 0 Å². The molecule has 0 spiro atoms. The number of rotatable bonds is 4. The molecule has 378 valence electrons. The topological polar surface area (TPSA) is 9.86 Å². The quantitative estimate of drug-likeness (QED) is 0.156. The van der Waals surface area contributed by atoms with Gasteiger partial charge in [-0.2, -0.15) is 0 Å². The molecule has 11 rings (SSSR count). The molecule has 11 aromatic rings. The normalized spacial score (nSPS) is 13.5. The molecule has 0 saturated heterocycles. The van der Waals surface area contributed by atoms with Crippen LogP contribution in [0.15, 0.2) is 133 Å². The van der Waals surface area contributed by atoms with Crippen LogP contribution < -0.4 is 0 Å². The predicted octanol–water partition coefficient (Wildman–Crippen LogP) is 21.4. The molecular formula is C70H76N2S2. The third kappa shape index (κ3) is 8.44. The number of hydrogen-bond donors (Lipinski definition) is 0. The van der Waals surface area contributed by atoms with Gasteiger partial charge in [0.2, 0.25) is 0 Å². The summed E-state index contributed by atoms with van der Waals surface area (Å²) in [6, 6.07) is 53.0. The molecular weight excluding hydrogens is 933 g/mol. The lowest BCUT2D eigenvalue weighted by Crippen LogP contribution is -2.11. The van der Waals surface area contributed by atoms with Gasteiger partial charge < -0.3 is 9.13 Å². The Balaban J connectivity index is 1.17. The molecule has 0 saturated carbocycles. The fourth-order valence-corrected chi connectivity index (χ4v) is 13.5. The van der Waals surface area contributed by atoms with Gasteiger partial charge in [0.05, 0.1) is 22.1 Å². The molecule has 74 heavy (non-hydrogen) atoms. The average Bonchev–Trinajstić information content (AvgIpc) is 4.12. The molecule has 7 aromatic carbocycles. The number of hydrogen-bond acceptors (Lipinski definition) is 2. The van der Waals surface area contributed by atoms with Gasteiger partial charge in [0.1, 0.15) is 10.0 Å². The van der Waals surface area contributed by atoms with Crippen molar-refractivity contribution in [2.45, 2.75) is 157 Å². The SMILES string of the molecule is CC(C)(C)c1ccc2c(-c3ccc(-n4c5ccc(C(C)(C)C)cc5c5cc(C(C)(C)C)ccc54)s3)c3cc(C(C)(C)C)ccc3c(-c3ccc(-n4c5ccc(C(C)(C)C)cc5c5cc(C(C)(C)C)ccc54)s3)c2c1. The second kappa shape index (κ2) is 16.8. The third-order valence-corrected chi connectivity index (χ3v) is 18.1. The minimum atomic E-state index is -0.0373. The summed E-state index contributed by atoms with van der Waals surface area (Å²) >= 11 is 3.84. The van der Waals surface area contributed by atoms with E-state index < -0.39 is 0 Å². The van der Waals surface area contributed by atoms with E-state index in [0.717, 1.165) is 0 Å². The zero-order valence-corrected chi connectivity index (χ0v) is 49.0. The summed E-state index contributed by atoms with van der Waals surface area (Å²) in [7, 11) is 0. The smallest absolute Gasteiger partial charge is 0.101 e. The van der Waals surface area contributed by atoms with Gasteiger partial charge in [0.15, 0.2) is 0 Å². The van der Waals surface area contributed by atoms with Crippen LogP contribution in [0.5, 0.6) is 0 Å². The molecule has 0 N–H and O–H groups in total. The summed E-state index contributed by atoms with van der Waals surface area (Å²) in [6.45, 7) is 41.9. The van der Waals surface area contributed by atoms with Crippen LogP contribution in [-0.4, -0.2) is 9.13 Å². The van der Waals surface area contributed by atoms with Gasteiger partial charge in [-0.15, -0.1) is 22.7 Å². The van der Waals surface area contributed by atoms with E-state index in [1.807, 2.05) is 22.7 Å². The Bertz CT molecular complexity index is 3650. The minimum absolute atomic E-state index is 0.0373. The second-order valence-electron chi connectivity index (χ2n) is 27.6. The van der Waals surface area contributed by atoms with E-state index in [0.29, 0.717) is 0 Å². The molecule has 4 heteroatoms. The maximum Gasteiger partial charge on any atom is 0.101 e. The molecule has 0 atom stereocenters. The van der Waals surface area contributed by atoms with Crippen LogP contribution in [0, 0.1) is 0 Å². The monoisotopic (exact) mass is 1010 g/mol. The summed E-state index contributed by atoms with van der Waals surface area (Å²) in [5.41, 5.74) is 15.8. The zero-order chi connectivity index (χ0) is 53.0. The molecule has 0 aliphatic rings. The van der Waals surface area contributed by atoms with E-state index in [4.69, 9.17) is 0 Å². The van der Waals surface area contributed by atoms with Crippen LogP contribution in [0.1, 0.15) is 158 Å². The molecule has 0 aliphatic heterocycles. The molecule has 0 radical (unpaired) electrons. The van der Waals surface area contributed by atoms with Crippen molar-refractivity contribution in [3.05, 3.63) is 167 Å². The second-order valence-corrected chi connectivity index (χ2v) is 29.8. The van der Waals surface area contributed by atoms with Gasteiger partial charge in [-0.25, -0.2) is 0 Å². The maximum absolute atomic E-state index is 2.53. The fraction of sp³-hybridized carbons (Fsp3) is 0.343. The van der Waals surface area contributed by atoms with Gasteiger partial charge in [-0.05, 0) is 172 Å². The highest BCUT2D eigenvalue weighted by atomic mass is 32.1. The molecule has 0 aliphatic carbocycles. The molecule has 4 heterocycles. The van der Waals surface area contributed by atoms with Gasteiger partial charge >= 0.3 is 0 Å². The van der Waals surface area contributed by atoms with Crippen molar-refractivity contribution < 1.29 is 0 Å². The highest BCUT2D eigenvalue weighted by Gasteiger charge is 2.28. The Kier molecular flexibility index (Phi) is 11.4. The summed E-state index contributed by atoms with van der Waals surface area (Å²) in [6.07, 6.45) is 0. The van der Waals surface area contributed by atoms with E-state index in [2.05, 4.69) is 267 Å². The highest BCUT2D eigenvalue weighted by molar-refractivity contribution is 7.18. The highest BCUT2D eigenvalue weighted by Crippen LogP contribution is 2.51. The first kappa shape index (κ1) is 50.2. The Hall–Kier alpha value is -5.94. The lowest BCUT2D eigenvalue weighted by atomic mass is 9.81. The fourth-order valence-electron chi connectivity index (χ4n) is 11.2. The predicted molar refractivity (Wildman–Crippen MR) is 329 cm³/mol. The molecule has 0 amide bonds. The summed E-state index contributed by atoms with van der Waals surface area (Å²) < 4.78 is 5.06. The maximum atomic E-state index is 2.53. The Labute approximate surface area is 449 Å². The number of fused-ring (bicyclic) bond motifs is 8.